The molecule has 0 radical (unpaired) electrons. The molecule has 0 bridgehead atoms. The monoisotopic (exact) mass is 509 g/mol. The lowest BCUT2D eigenvalue weighted by molar-refractivity contribution is 0.249. The number of aryl methyl sites for hydroxylation is 2. The molecule has 9 heteroatoms. The Hall–Kier alpha value is -3.36. The number of carbonyl (C=O) groups excluding carboxylic acids is 1. The molecule has 35 heavy (non-hydrogen) atoms. The molecule has 0 saturated heterocycles. The topological polar surface area (TPSA) is 71.8 Å². The number of nitrogens with zero attached hydrogens (tertiary/aromatic N) is 3. The van der Waals surface area contributed by atoms with E-state index in [4.69, 9.17) is 11.6 Å². The first-order valence-corrected chi connectivity index (χ1v) is 12.4. The van der Waals surface area contributed by atoms with Crippen molar-refractivity contribution < 1.29 is 9.18 Å². The van der Waals surface area contributed by atoms with Crippen molar-refractivity contribution >= 4 is 35.1 Å². The van der Waals surface area contributed by atoms with E-state index in [1.165, 1.54) is 29.3 Å². The van der Waals surface area contributed by atoms with E-state index in [1.807, 2.05) is 48.7 Å². The summed E-state index contributed by atoms with van der Waals surface area (Å²) in [4.78, 5) is 12.6. The molecule has 4 rings (SSSR count). The number of halogens is 2. The number of thioether (sulfide) groups is 1. The lowest BCUT2D eigenvalue weighted by Crippen LogP contribution is -2.32. The minimum Gasteiger partial charge on any atom is -0.328 e. The molecule has 1 aromatic heterocycles. The molecule has 2 amide bonds. The Balaban J connectivity index is 1.62. The summed E-state index contributed by atoms with van der Waals surface area (Å²) >= 11 is 7.89. The Morgan fingerprint density at radius 3 is 2.63 bits per heavy atom. The predicted molar refractivity (Wildman–Crippen MR) is 139 cm³/mol. The molecule has 0 aliphatic heterocycles. The quantitative estimate of drug-likeness (QED) is 0.267. The van der Waals surface area contributed by atoms with Gasteiger partial charge in [-0.25, -0.2) is 9.18 Å². The molecule has 2 N–H and O–H groups in total. The molecule has 0 fully saturated rings. The van der Waals surface area contributed by atoms with Crippen molar-refractivity contribution in [2.45, 2.75) is 37.7 Å². The molecule has 1 heterocycles. The van der Waals surface area contributed by atoms with E-state index >= 15 is 0 Å². The number of hydrogen-bond donors (Lipinski definition) is 2. The summed E-state index contributed by atoms with van der Waals surface area (Å²) in [6.45, 7) is 5.89. The smallest absolute Gasteiger partial charge is 0.319 e. The number of rotatable bonds is 7. The summed E-state index contributed by atoms with van der Waals surface area (Å²) in [5.41, 5.74) is 4.59. The van der Waals surface area contributed by atoms with Crippen LogP contribution in [0.1, 0.15) is 35.5 Å². The third-order valence-electron chi connectivity index (χ3n) is 5.51. The SMILES string of the molecule is Cc1ccccc1CSc1nnc(C(C)NC(=O)Nc2cccc(F)c2)n1-c1cc(Cl)ccc1C. The van der Waals surface area contributed by atoms with Gasteiger partial charge in [-0.2, -0.15) is 0 Å². The first-order chi connectivity index (χ1) is 16.8. The fraction of sp³-hybridized carbons (Fsp3) is 0.192. The molecule has 0 spiro atoms. The number of aromatic nitrogens is 3. The van der Waals surface area contributed by atoms with Gasteiger partial charge in [0.25, 0.3) is 0 Å². The van der Waals surface area contributed by atoms with Crippen LogP contribution in [0.15, 0.2) is 71.9 Å². The van der Waals surface area contributed by atoms with E-state index in [9.17, 15) is 9.18 Å². The normalized spacial score (nSPS) is 11.8. The van der Waals surface area contributed by atoms with Crippen LogP contribution in [0, 0.1) is 19.7 Å². The van der Waals surface area contributed by atoms with Gasteiger partial charge in [-0.1, -0.05) is 59.8 Å². The largest absolute Gasteiger partial charge is 0.328 e. The van der Waals surface area contributed by atoms with Crippen molar-refractivity contribution in [2.24, 2.45) is 0 Å². The van der Waals surface area contributed by atoms with Crippen LogP contribution in [0.2, 0.25) is 5.02 Å². The number of nitrogens with one attached hydrogen (secondary N) is 2. The Labute approximate surface area is 212 Å². The van der Waals surface area contributed by atoms with Gasteiger partial charge in [-0.05, 0) is 67.8 Å². The first kappa shape index (κ1) is 24.8. The molecular formula is C26H25ClFN5OS. The third kappa shape index (κ3) is 6.01. The second-order valence-corrected chi connectivity index (χ2v) is 9.53. The summed E-state index contributed by atoms with van der Waals surface area (Å²) in [5, 5.41) is 15.7. The van der Waals surface area contributed by atoms with Crippen molar-refractivity contribution in [3.63, 3.8) is 0 Å². The van der Waals surface area contributed by atoms with Crippen LogP contribution in [0.4, 0.5) is 14.9 Å². The van der Waals surface area contributed by atoms with E-state index in [-0.39, 0.29) is 0 Å². The molecule has 180 valence electrons. The lowest BCUT2D eigenvalue weighted by atomic mass is 10.1. The van der Waals surface area contributed by atoms with Gasteiger partial charge in [0, 0.05) is 16.5 Å². The van der Waals surface area contributed by atoms with Crippen LogP contribution >= 0.6 is 23.4 Å². The summed E-state index contributed by atoms with van der Waals surface area (Å²) in [7, 11) is 0. The molecule has 6 nitrogen and oxygen atoms in total. The minimum atomic E-state index is -0.498. The molecular weight excluding hydrogens is 485 g/mol. The van der Waals surface area contributed by atoms with Gasteiger partial charge in [0.2, 0.25) is 0 Å². The standard InChI is InChI=1S/C26H25ClFN5OS/c1-16-7-4-5-8-19(16)15-35-26-32-31-24(33(26)23-13-20(27)12-11-17(23)2)18(3)29-25(34)30-22-10-6-9-21(28)14-22/h4-14,18H,15H2,1-3H3,(H2,29,30,34). The zero-order valence-electron chi connectivity index (χ0n) is 19.5. The number of anilines is 1. The fourth-order valence-electron chi connectivity index (χ4n) is 3.61. The average molecular weight is 510 g/mol. The van der Waals surface area contributed by atoms with E-state index in [0.29, 0.717) is 27.4 Å². The van der Waals surface area contributed by atoms with Gasteiger partial charge in [-0.3, -0.25) is 4.57 Å². The van der Waals surface area contributed by atoms with E-state index in [1.54, 1.807) is 17.8 Å². The average Bonchev–Trinajstić information content (AvgIpc) is 3.24. The van der Waals surface area contributed by atoms with Gasteiger partial charge in [0.15, 0.2) is 11.0 Å². The third-order valence-corrected chi connectivity index (χ3v) is 6.72. The van der Waals surface area contributed by atoms with Crippen LogP contribution in [0.25, 0.3) is 5.69 Å². The van der Waals surface area contributed by atoms with Gasteiger partial charge in [-0.15, -0.1) is 10.2 Å². The Kier molecular flexibility index (Phi) is 7.73. The highest BCUT2D eigenvalue weighted by molar-refractivity contribution is 7.98. The number of carbonyl (C=O) groups is 1. The molecule has 0 aliphatic rings. The van der Waals surface area contributed by atoms with Crippen LogP contribution in [0.3, 0.4) is 0 Å². The lowest BCUT2D eigenvalue weighted by Gasteiger charge is -2.18. The fourth-order valence-corrected chi connectivity index (χ4v) is 4.81. The van der Waals surface area contributed by atoms with E-state index < -0.39 is 17.9 Å². The summed E-state index contributed by atoms with van der Waals surface area (Å²) in [6, 6.07) is 18.6. The Morgan fingerprint density at radius 1 is 1.06 bits per heavy atom. The second-order valence-electron chi connectivity index (χ2n) is 8.15. The summed E-state index contributed by atoms with van der Waals surface area (Å²) in [5.74, 6) is 0.839. The molecule has 1 atom stereocenters. The van der Waals surface area contributed by atoms with Crippen LogP contribution < -0.4 is 10.6 Å². The van der Waals surface area contributed by atoms with E-state index in [2.05, 4.69) is 39.9 Å². The Bertz CT molecular complexity index is 1360. The summed E-state index contributed by atoms with van der Waals surface area (Å²) < 4.78 is 15.4. The van der Waals surface area contributed by atoms with Crippen molar-refractivity contribution in [1.82, 2.24) is 20.1 Å². The van der Waals surface area contributed by atoms with Crippen molar-refractivity contribution in [3.05, 3.63) is 100 Å². The Morgan fingerprint density at radius 2 is 1.86 bits per heavy atom. The van der Waals surface area contributed by atoms with E-state index in [0.717, 1.165) is 11.3 Å². The molecule has 0 saturated carbocycles. The van der Waals surface area contributed by atoms with Crippen molar-refractivity contribution in [2.75, 3.05) is 5.32 Å². The highest BCUT2D eigenvalue weighted by atomic mass is 35.5. The van der Waals surface area contributed by atoms with Gasteiger partial charge in [0.1, 0.15) is 5.82 Å². The molecule has 0 aliphatic carbocycles. The summed E-state index contributed by atoms with van der Waals surface area (Å²) in [6.07, 6.45) is 0. The van der Waals surface area contributed by atoms with Crippen LogP contribution in [-0.4, -0.2) is 20.8 Å². The zero-order chi connectivity index (χ0) is 24.9. The molecule has 3 aromatic carbocycles. The molecule has 4 aromatic rings. The van der Waals surface area contributed by atoms with Crippen molar-refractivity contribution in [3.8, 4) is 5.69 Å². The van der Waals surface area contributed by atoms with Crippen LogP contribution in [-0.2, 0) is 5.75 Å². The van der Waals surface area contributed by atoms with Crippen LogP contribution in [0.5, 0.6) is 0 Å². The zero-order valence-corrected chi connectivity index (χ0v) is 21.1. The van der Waals surface area contributed by atoms with Gasteiger partial charge in [0.05, 0.1) is 11.7 Å². The predicted octanol–water partition coefficient (Wildman–Crippen LogP) is 6.85. The van der Waals surface area contributed by atoms with Gasteiger partial charge >= 0.3 is 6.03 Å². The number of benzene rings is 3. The number of urea groups is 1. The first-order valence-electron chi connectivity index (χ1n) is 11.0. The maximum absolute atomic E-state index is 13.5. The molecule has 1 unspecified atom stereocenters. The second kappa shape index (κ2) is 10.9. The number of amides is 2. The maximum Gasteiger partial charge on any atom is 0.319 e. The van der Waals surface area contributed by atoms with Crippen molar-refractivity contribution in [1.29, 1.82) is 0 Å². The highest BCUT2D eigenvalue weighted by Crippen LogP contribution is 2.31. The number of hydrogen-bond acceptors (Lipinski definition) is 4. The maximum atomic E-state index is 13.5. The minimum absolute atomic E-state index is 0.358. The van der Waals surface area contributed by atoms with Gasteiger partial charge < -0.3 is 10.6 Å². The highest BCUT2D eigenvalue weighted by Gasteiger charge is 2.22.